The number of benzene rings is 1. The lowest BCUT2D eigenvalue weighted by atomic mass is 9.97. The molecule has 1 N–H and O–H groups in total. The zero-order chi connectivity index (χ0) is 13.9. The Balaban J connectivity index is 3.13. The van der Waals surface area contributed by atoms with Crippen molar-refractivity contribution in [3.63, 3.8) is 0 Å². The van der Waals surface area contributed by atoms with E-state index in [0.717, 1.165) is 6.08 Å². The van der Waals surface area contributed by atoms with Gasteiger partial charge < -0.3 is 9.84 Å². The highest BCUT2D eigenvalue weighted by Gasteiger charge is 2.25. The number of ketones is 1. The molecule has 0 atom stereocenters. The van der Waals surface area contributed by atoms with Gasteiger partial charge in [0.2, 0.25) is 0 Å². The summed E-state index contributed by atoms with van der Waals surface area (Å²) in [5.41, 5.74) is -0.561. The molecule has 1 rings (SSSR count). The van der Waals surface area contributed by atoms with Crippen LogP contribution in [0.3, 0.4) is 0 Å². The molecule has 0 aromatic heterocycles. The zero-order valence-corrected chi connectivity index (χ0v) is 10.7. The van der Waals surface area contributed by atoms with E-state index in [1.54, 1.807) is 20.8 Å². The smallest absolute Gasteiger partial charge is 0.316 e. The molecule has 1 aromatic carbocycles. The van der Waals surface area contributed by atoms with Gasteiger partial charge >= 0.3 is 5.97 Å². The van der Waals surface area contributed by atoms with Crippen LogP contribution in [-0.4, -0.2) is 16.9 Å². The van der Waals surface area contributed by atoms with Gasteiger partial charge in [0.05, 0.1) is 11.0 Å². The molecular weight excluding hydrogens is 232 g/mol. The van der Waals surface area contributed by atoms with Gasteiger partial charge in [0.15, 0.2) is 5.78 Å². The van der Waals surface area contributed by atoms with Crippen molar-refractivity contribution in [1.29, 1.82) is 0 Å². The summed E-state index contributed by atoms with van der Waals surface area (Å²) < 4.78 is 5.17. The molecule has 0 radical (unpaired) electrons. The van der Waals surface area contributed by atoms with Crippen molar-refractivity contribution in [2.75, 3.05) is 0 Å². The number of ether oxygens (including phenoxy) is 1. The average molecular weight is 248 g/mol. The molecule has 0 aliphatic rings. The maximum Gasteiger partial charge on any atom is 0.316 e. The van der Waals surface area contributed by atoms with E-state index < -0.39 is 17.2 Å². The summed E-state index contributed by atoms with van der Waals surface area (Å²) in [6, 6.07) is 3.98. The minimum atomic E-state index is -0.674. The molecule has 0 heterocycles. The van der Waals surface area contributed by atoms with Gasteiger partial charge in [-0.25, -0.2) is 0 Å². The lowest BCUT2D eigenvalue weighted by Crippen LogP contribution is -2.26. The number of carbonyl (C=O) groups is 2. The molecule has 1 aromatic rings. The first-order chi connectivity index (χ1) is 8.25. The van der Waals surface area contributed by atoms with Gasteiger partial charge in [-0.15, -0.1) is 0 Å². The van der Waals surface area contributed by atoms with E-state index in [1.165, 1.54) is 18.2 Å². The third-order valence-corrected chi connectivity index (χ3v) is 2.23. The predicted molar refractivity (Wildman–Crippen MR) is 67.7 cm³/mol. The largest absolute Gasteiger partial charge is 0.508 e. The first-order valence-corrected chi connectivity index (χ1v) is 5.48. The maximum absolute atomic E-state index is 11.8. The van der Waals surface area contributed by atoms with E-state index in [2.05, 4.69) is 6.58 Å². The van der Waals surface area contributed by atoms with Crippen molar-refractivity contribution >= 4 is 11.8 Å². The Morgan fingerprint density at radius 3 is 2.44 bits per heavy atom. The van der Waals surface area contributed by atoms with Crippen LogP contribution in [-0.2, 0) is 4.79 Å². The van der Waals surface area contributed by atoms with Crippen LogP contribution in [0, 0.1) is 5.41 Å². The minimum absolute atomic E-state index is 0.0734. The molecule has 0 aliphatic carbocycles. The molecule has 0 aliphatic heterocycles. The molecule has 4 heteroatoms. The first-order valence-electron chi connectivity index (χ1n) is 5.48. The lowest BCUT2D eigenvalue weighted by Gasteiger charge is -2.17. The second-order valence-electron chi connectivity index (χ2n) is 4.89. The summed E-state index contributed by atoms with van der Waals surface area (Å²) in [6.45, 7) is 8.50. The van der Waals surface area contributed by atoms with E-state index >= 15 is 0 Å². The van der Waals surface area contributed by atoms with Crippen LogP contribution in [0.15, 0.2) is 30.9 Å². The number of phenols is 1. The second-order valence-corrected chi connectivity index (χ2v) is 4.89. The Hall–Kier alpha value is -2.10. The van der Waals surface area contributed by atoms with Crippen molar-refractivity contribution < 1.29 is 19.4 Å². The van der Waals surface area contributed by atoms with Crippen LogP contribution in [0.4, 0.5) is 0 Å². The summed E-state index contributed by atoms with van der Waals surface area (Å²) in [7, 11) is 0. The summed E-state index contributed by atoms with van der Waals surface area (Å²) in [6.07, 6.45) is 1.10. The highest BCUT2D eigenvalue weighted by molar-refractivity contribution is 6.06. The molecule has 0 spiro atoms. The van der Waals surface area contributed by atoms with Crippen LogP contribution >= 0.6 is 0 Å². The van der Waals surface area contributed by atoms with Crippen LogP contribution < -0.4 is 4.74 Å². The number of rotatable bonds is 3. The van der Waals surface area contributed by atoms with E-state index in [-0.39, 0.29) is 17.1 Å². The molecule has 0 amide bonds. The molecule has 4 nitrogen and oxygen atoms in total. The number of allylic oxidation sites excluding steroid dienone is 1. The topological polar surface area (TPSA) is 63.6 Å². The van der Waals surface area contributed by atoms with Crippen molar-refractivity contribution in [3.05, 3.63) is 36.4 Å². The van der Waals surface area contributed by atoms with Gasteiger partial charge in [0.25, 0.3) is 0 Å². The summed E-state index contributed by atoms with van der Waals surface area (Å²) in [5, 5.41) is 9.35. The van der Waals surface area contributed by atoms with Crippen LogP contribution in [0.2, 0.25) is 0 Å². The van der Waals surface area contributed by atoms with Crippen LogP contribution in [0.25, 0.3) is 0 Å². The van der Waals surface area contributed by atoms with Crippen LogP contribution in [0.5, 0.6) is 11.5 Å². The third-order valence-electron chi connectivity index (χ3n) is 2.23. The Morgan fingerprint density at radius 2 is 1.94 bits per heavy atom. The summed E-state index contributed by atoms with van der Waals surface area (Å²) in [4.78, 5) is 23.4. The lowest BCUT2D eigenvalue weighted by molar-refractivity contribution is -0.143. The standard InChI is InChI=1S/C14H16O4/c1-5-11(16)10-8-9(15)6-7-12(10)18-13(17)14(2,3)4/h5-8,15H,1H2,2-4H3. The maximum atomic E-state index is 11.8. The minimum Gasteiger partial charge on any atom is -0.508 e. The number of phenolic OH excluding ortho intramolecular Hbond substituents is 1. The molecule has 0 bridgehead atoms. The SMILES string of the molecule is C=CC(=O)c1cc(O)ccc1OC(=O)C(C)(C)C. The van der Waals surface area contributed by atoms with Crippen LogP contribution in [0.1, 0.15) is 31.1 Å². The van der Waals surface area contributed by atoms with Gasteiger partial charge in [-0.2, -0.15) is 0 Å². The Kier molecular flexibility index (Phi) is 3.91. The van der Waals surface area contributed by atoms with E-state index in [9.17, 15) is 14.7 Å². The number of esters is 1. The van der Waals surface area contributed by atoms with Gasteiger partial charge in [0, 0.05) is 0 Å². The highest BCUT2D eigenvalue weighted by Crippen LogP contribution is 2.27. The monoisotopic (exact) mass is 248 g/mol. The van der Waals surface area contributed by atoms with Gasteiger partial charge in [-0.05, 0) is 45.0 Å². The number of hydrogen-bond donors (Lipinski definition) is 1. The fourth-order valence-electron chi connectivity index (χ4n) is 1.16. The molecule has 0 saturated carbocycles. The molecule has 96 valence electrons. The van der Waals surface area contributed by atoms with Crippen molar-refractivity contribution in [3.8, 4) is 11.5 Å². The molecule has 0 fully saturated rings. The molecule has 0 unspecified atom stereocenters. The Bertz CT molecular complexity index is 495. The average Bonchev–Trinajstić information content (AvgIpc) is 2.29. The quantitative estimate of drug-likeness (QED) is 0.386. The molecule has 0 saturated heterocycles. The number of hydrogen-bond acceptors (Lipinski definition) is 4. The number of carbonyl (C=O) groups excluding carboxylic acids is 2. The summed E-state index contributed by atoms with van der Waals surface area (Å²) >= 11 is 0. The third kappa shape index (κ3) is 3.20. The van der Waals surface area contributed by atoms with E-state index in [4.69, 9.17) is 4.74 Å². The zero-order valence-electron chi connectivity index (χ0n) is 10.7. The Morgan fingerprint density at radius 1 is 1.33 bits per heavy atom. The normalized spacial score (nSPS) is 10.8. The van der Waals surface area contributed by atoms with Gasteiger partial charge in [-0.1, -0.05) is 6.58 Å². The van der Waals surface area contributed by atoms with Gasteiger partial charge in [0.1, 0.15) is 11.5 Å². The summed E-state index contributed by atoms with van der Waals surface area (Å²) in [5.74, 6) is -0.817. The fraction of sp³-hybridized carbons (Fsp3) is 0.286. The molecule has 18 heavy (non-hydrogen) atoms. The van der Waals surface area contributed by atoms with E-state index in [1.807, 2.05) is 0 Å². The number of aromatic hydroxyl groups is 1. The fourth-order valence-corrected chi connectivity index (χ4v) is 1.16. The van der Waals surface area contributed by atoms with Gasteiger partial charge in [-0.3, -0.25) is 9.59 Å². The van der Waals surface area contributed by atoms with E-state index in [0.29, 0.717) is 0 Å². The van der Waals surface area contributed by atoms with Crippen molar-refractivity contribution in [2.45, 2.75) is 20.8 Å². The molecular formula is C14H16O4. The first kappa shape index (κ1) is 14.0. The van der Waals surface area contributed by atoms with Crippen molar-refractivity contribution in [1.82, 2.24) is 0 Å². The Labute approximate surface area is 106 Å². The second kappa shape index (κ2) is 5.04. The van der Waals surface area contributed by atoms with Crippen molar-refractivity contribution in [2.24, 2.45) is 5.41 Å². The highest BCUT2D eigenvalue weighted by atomic mass is 16.5. The predicted octanol–water partition coefficient (Wildman–Crippen LogP) is 2.71.